The molecule has 0 unspecified atom stereocenters. The number of fused-ring (bicyclic) bond motifs is 1. The average Bonchev–Trinajstić information content (AvgIpc) is 2.83. The Labute approximate surface area is 108 Å². The minimum atomic E-state index is -0.437. The molecule has 0 spiro atoms. The second-order valence-electron chi connectivity index (χ2n) is 4.09. The summed E-state index contributed by atoms with van der Waals surface area (Å²) in [6.07, 6.45) is 3.27. The Morgan fingerprint density at radius 1 is 1.32 bits per heavy atom. The van der Waals surface area contributed by atoms with Crippen molar-refractivity contribution in [2.24, 2.45) is 0 Å². The number of hydrogen-bond acceptors (Lipinski definition) is 5. The number of imidazole rings is 1. The second kappa shape index (κ2) is 4.27. The van der Waals surface area contributed by atoms with E-state index in [1.54, 1.807) is 30.0 Å². The van der Waals surface area contributed by atoms with E-state index in [9.17, 15) is 10.1 Å². The zero-order chi connectivity index (χ0) is 13.4. The summed E-state index contributed by atoms with van der Waals surface area (Å²) in [7, 11) is 0. The van der Waals surface area contributed by atoms with Gasteiger partial charge in [0, 0.05) is 18.5 Å². The van der Waals surface area contributed by atoms with Crippen LogP contribution in [0.1, 0.15) is 5.82 Å². The third kappa shape index (κ3) is 1.88. The molecule has 1 aliphatic rings. The van der Waals surface area contributed by atoms with Crippen molar-refractivity contribution in [3.63, 3.8) is 0 Å². The van der Waals surface area contributed by atoms with E-state index in [-0.39, 0.29) is 5.69 Å². The summed E-state index contributed by atoms with van der Waals surface area (Å²) in [4.78, 5) is 14.8. The fourth-order valence-corrected chi connectivity index (χ4v) is 2.04. The van der Waals surface area contributed by atoms with Crippen LogP contribution >= 0.6 is 0 Å². The normalized spacial score (nSPS) is 13.3. The Bertz CT molecular complexity index is 650. The van der Waals surface area contributed by atoms with E-state index in [1.807, 2.05) is 0 Å². The van der Waals surface area contributed by atoms with Gasteiger partial charge in [-0.05, 0) is 6.92 Å². The van der Waals surface area contributed by atoms with Crippen LogP contribution in [0.3, 0.4) is 0 Å². The van der Waals surface area contributed by atoms with Crippen molar-refractivity contribution in [2.75, 3.05) is 13.2 Å². The van der Waals surface area contributed by atoms with Gasteiger partial charge in [-0.15, -0.1) is 0 Å². The lowest BCUT2D eigenvalue weighted by Gasteiger charge is -2.19. The van der Waals surface area contributed by atoms with E-state index in [4.69, 9.17) is 9.47 Å². The highest BCUT2D eigenvalue weighted by molar-refractivity contribution is 5.62. The second-order valence-corrected chi connectivity index (χ2v) is 4.09. The molecule has 2 aromatic rings. The van der Waals surface area contributed by atoms with Crippen LogP contribution in [0.25, 0.3) is 5.69 Å². The zero-order valence-corrected chi connectivity index (χ0v) is 10.2. The number of aromatic nitrogens is 2. The number of nitrogens with zero attached hydrogens (tertiary/aromatic N) is 3. The van der Waals surface area contributed by atoms with Crippen LogP contribution in [0.2, 0.25) is 0 Å². The molecule has 7 heteroatoms. The summed E-state index contributed by atoms with van der Waals surface area (Å²) in [6, 6.07) is 3.00. The molecule has 0 aliphatic carbocycles. The maximum Gasteiger partial charge on any atom is 0.297 e. The van der Waals surface area contributed by atoms with Crippen LogP contribution in [0, 0.1) is 17.0 Å². The first-order valence-electron chi connectivity index (χ1n) is 5.75. The molecule has 7 nitrogen and oxygen atoms in total. The van der Waals surface area contributed by atoms with Crippen LogP contribution in [-0.4, -0.2) is 27.7 Å². The molecule has 0 bridgehead atoms. The number of rotatable bonds is 2. The minimum absolute atomic E-state index is 0.0367. The molecule has 19 heavy (non-hydrogen) atoms. The van der Waals surface area contributed by atoms with Gasteiger partial charge < -0.3 is 9.47 Å². The third-order valence-corrected chi connectivity index (χ3v) is 2.92. The van der Waals surface area contributed by atoms with Gasteiger partial charge in [0.15, 0.2) is 11.5 Å². The highest BCUT2D eigenvalue weighted by Gasteiger charge is 2.23. The van der Waals surface area contributed by atoms with E-state index in [1.165, 1.54) is 6.07 Å². The Morgan fingerprint density at radius 2 is 2.00 bits per heavy atom. The number of hydrogen-bond donors (Lipinski definition) is 0. The third-order valence-electron chi connectivity index (χ3n) is 2.92. The number of nitro groups is 1. The van der Waals surface area contributed by atoms with E-state index in [2.05, 4.69) is 4.98 Å². The lowest BCUT2D eigenvalue weighted by Crippen LogP contribution is -2.16. The maximum absolute atomic E-state index is 11.2. The molecular formula is C12H11N3O4. The molecule has 1 aromatic heterocycles. The van der Waals surface area contributed by atoms with Crippen molar-refractivity contribution in [3.05, 3.63) is 40.5 Å². The van der Waals surface area contributed by atoms with Gasteiger partial charge in [0.1, 0.15) is 24.7 Å². The minimum Gasteiger partial charge on any atom is -0.486 e. The van der Waals surface area contributed by atoms with E-state index in [0.717, 1.165) is 0 Å². The van der Waals surface area contributed by atoms with Gasteiger partial charge in [0.05, 0.1) is 11.0 Å². The Balaban J connectivity index is 2.22. The lowest BCUT2D eigenvalue weighted by atomic mass is 10.2. The fourth-order valence-electron chi connectivity index (χ4n) is 2.04. The van der Waals surface area contributed by atoms with Crippen molar-refractivity contribution in [1.29, 1.82) is 0 Å². The average molecular weight is 261 g/mol. The summed E-state index contributed by atoms with van der Waals surface area (Å²) in [6.45, 7) is 2.61. The van der Waals surface area contributed by atoms with E-state index in [0.29, 0.717) is 36.2 Å². The zero-order valence-electron chi connectivity index (χ0n) is 10.2. The van der Waals surface area contributed by atoms with Gasteiger partial charge in [0.2, 0.25) is 0 Å². The molecule has 0 saturated heterocycles. The summed E-state index contributed by atoms with van der Waals surface area (Å²) in [5, 5.41) is 11.2. The molecule has 0 amide bonds. The SMILES string of the molecule is Cc1nccn1-c1cc2c(cc1[N+](=O)[O-])OCCO2. The van der Waals surface area contributed by atoms with Crippen molar-refractivity contribution < 1.29 is 14.4 Å². The van der Waals surface area contributed by atoms with Gasteiger partial charge >= 0.3 is 0 Å². The number of ether oxygens (including phenoxy) is 2. The largest absolute Gasteiger partial charge is 0.486 e. The maximum atomic E-state index is 11.2. The quantitative estimate of drug-likeness (QED) is 0.609. The highest BCUT2D eigenvalue weighted by Crippen LogP contribution is 2.38. The Kier molecular flexibility index (Phi) is 2.59. The first-order chi connectivity index (χ1) is 9.16. The smallest absolute Gasteiger partial charge is 0.297 e. The van der Waals surface area contributed by atoms with Crippen LogP contribution in [0.15, 0.2) is 24.5 Å². The number of nitro benzene ring substituents is 1. The molecule has 0 radical (unpaired) electrons. The standard InChI is InChI=1S/C12H11N3O4/c1-8-13-2-3-14(8)9-6-11-12(19-5-4-18-11)7-10(9)15(16)17/h2-3,6-7H,4-5H2,1H3. The first kappa shape index (κ1) is 11.5. The molecule has 2 heterocycles. The van der Waals surface area contributed by atoms with Gasteiger partial charge in [-0.1, -0.05) is 0 Å². The van der Waals surface area contributed by atoms with Crippen LogP contribution < -0.4 is 9.47 Å². The van der Waals surface area contributed by atoms with E-state index >= 15 is 0 Å². The first-order valence-corrected chi connectivity index (χ1v) is 5.75. The molecule has 1 aliphatic heterocycles. The van der Waals surface area contributed by atoms with Crippen molar-refractivity contribution >= 4 is 5.69 Å². The highest BCUT2D eigenvalue weighted by atomic mass is 16.6. The molecule has 0 fully saturated rings. The molecule has 98 valence electrons. The summed E-state index contributed by atoms with van der Waals surface area (Å²) < 4.78 is 12.5. The molecule has 0 saturated carbocycles. The van der Waals surface area contributed by atoms with Gasteiger partial charge in [-0.3, -0.25) is 14.7 Å². The van der Waals surface area contributed by atoms with Gasteiger partial charge in [0.25, 0.3) is 5.69 Å². The molecule has 1 aromatic carbocycles. The van der Waals surface area contributed by atoms with E-state index < -0.39 is 4.92 Å². The van der Waals surface area contributed by atoms with Gasteiger partial charge in [-0.2, -0.15) is 0 Å². The summed E-state index contributed by atoms with van der Waals surface area (Å²) in [5.41, 5.74) is 0.384. The number of aryl methyl sites for hydroxylation is 1. The molecule has 3 rings (SSSR count). The number of benzene rings is 1. The molecule has 0 N–H and O–H groups in total. The summed E-state index contributed by atoms with van der Waals surface area (Å²) in [5.74, 6) is 1.58. The van der Waals surface area contributed by atoms with Crippen LogP contribution in [0.4, 0.5) is 5.69 Å². The monoisotopic (exact) mass is 261 g/mol. The lowest BCUT2D eigenvalue weighted by molar-refractivity contribution is -0.384. The summed E-state index contributed by atoms with van der Waals surface area (Å²) >= 11 is 0. The van der Waals surface area contributed by atoms with Crippen LogP contribution in [0.5, 0.6) is 11.5 Å². The predicted octanol–water partition coefficient (Wildman–Crippen LogP) is 1.86. The molecule has 0 atom stereocenters. The fraction of sp³-hybridized carbons (Fsp3) is 0.250. The van der Waals surface area contributed by atoms with Crippen molar-refractivity contribution in [2.45, 2.75) is 6.92 Å². The van der Waals surface area contributed by atoms with Crippen molar-refractivity contribution in [3.8, 4) is 17.2 Å². The van der Waals surface area contributed by atoms with Crippen LogP contribution in [-0.2, 0) is 0 Å². The Hall–Kier alpha value is -2.57. The van der Waals surface area contributed by atoms with Gasteiger partial charge in [-0.25, -0.2) is 4.98 Å². The predicted molar refractivity (Wildman–Crippen MR) is 65.9 cm³/mol. The Morgan fingerprint density at radius 3 is 2.58 bits per heavy atom. The topological polar surface area (TPSA) is 79.4 Å². The van der Waals surface area contributed by atoms with Crippen molar-refractivity contribution in [1.82, 2.24) is 9.55 Å². The molecular weight excluding hydrogens is 250 g/mol.